The zero-order valence-electron chi connectivity index (χ0n) is 19.6. The van der Waals surface area contributed by atoms with Crippen molar-refractivity contribution in [3.8, 4) is 11.5 Å². The molecule has 8 heteroatoms. The van der Waals surface area contributed by atoms with Crippen LogP contribution in [-0.4, -0.2) is 43.3 Å². The lowest BCUT2D eigenvalue weighted by Gasteiger charge is -2.33. The van der Waals surface area contributed by atoms with E-state index >= 15 is 0 Å². The Morgan fingerprint density at radius 2 is 1.39 bits per heavy atom. The van der Waals surface area contributed by atoms with Gasteiger partial charge >= 0.3 is 5.97 Å². The van der Waals surface area contributed by atoms with Crippen molar-refractivity contribution in [2.24, 2.45) is 11.8 Å². The Kier molecular flexibility index (Phi) is 9.49. The fraction of sp³-hybridized carbons (Fsp3) is 0.400. The molecule has 180 valence electrons. The predicted molar refractivity (Wildman–Crippen MR) is 129 cm³/mol. The number of aliphatic carboxylic acids is 1. The average Bonchev–Trinajstić information content (AvgIpc) is 2.79. The molecule has 0 aliphatic carbocycles. The number of benzene rings is 2. The molecule has 0 fully saturated rings. The van der Waals surface area contributed by atoms with Crippen molar-refractivity contribution in [3.05, 3.63) is 72.3 Å². The summed E-state index contributed by atoms with van der Waals surface area (Å²) in [6.07, 6.45) is 2.01. The summed E-state index contributed by atoms with van der Waals surface area (Å²) < 4.78 is 39.6. The van der Waals surface area contributed by atoms with Gasteiger partial charge in [-0.1, -0.05) is 44.2 Å². The second-order valence-electron chi connectivity index (χ2n) is 8.10. The first-order valence-corrected chi connectivity index (χ1v) is 12.2. The molecule has 0 aromatic heterocycles. The molecule has 0 amide bonds. The number of allylic oxidation sites excluding steroid dienone is 1. The van der Waals surface area contributed by atoms with Crippen molar-refractivity contribution in [2.75, 3.05) is 14.2 Å². The number of hydrogen-bond donors (Lipinski definition) is 1. The Bertz CT molecular complexity index is 968. The summed E-state index contributed by atoms with van der Waals surface area (Å²) in [4.78, 5) is 11.8. The van der Waals surface area contributed by atoms with E-state index in [2.05, 4.69) is 6.58 Å². The van der Waals surface area contributed by atoms with Gasteiger partial charge in [-0.2, -0.15) is 4.31 Å². The van der Waals surface area contributed by atoms with Crippen LogP contribution in [0.15, 0.2) is 61.2 Å². The van der Waals surface area contributed by atoms with Crippen LogP contribution >= 0.6 is 0 Å². The third-order valence-electron chi connectivity index (χ3n) is 5.72. The summed E-state index contributed by atoms with van der Waals surface area (Å²) in [5, 5.41) is 8.57. The molecule has 0 saturated heterocycles. The Morgan fingerprint density at radius 3 is 1.73 bits per heavy atom. The maximum Gasteiger partial charge on any atom is 0.307 e. The number of sulfonamides is 1. The number of carbonyl (C=O) groups is 1. The summed E-state index contributed by atoms with van der Waals surface area (Å²) >= 11 is 0. The standard InChI is InChI=1S/C25H33NO6S/c1-6-7-18(2)24(19(3)25(27)28)33(29,30)26(16-20-8-12-22(31-4)13-9-20)17-21-10-14-23(32-5)15-11-21/h6,8-15,18-19,24H,1,7,16-17H2,2-5H3,(H,27,28)/t18-,19?,24+/m0/s1. The van der Waals surface area contributed by atoms with Crippen molar-refractivity contribution in [2.45, 2.75) is 38.6 Å². The lowest BCUT2D eigenvalue weighted by atomic mass is 9.94. The van der Waals surface area contributed by atoms with Gasteiger partial charge in [-0.25, -0.2) is 8.42 Å². The molecule has 2 aromatic rings. The third-order valence-corrected chi connectivity index (χ3v) is 8.26. The number of hydrogen-bond acceptors (Lipinski definition) is 5. The number of carboxylic acid groups (broad SMARTS) is 1. The molecule has 7 nitrogen and oxygen atoms in total. The highest BCUT2D eigenvalue weighted by molar-refractivity contribution is 7.89. The van der Waals surface area contributed by atoms with E-state index in [0.717, 1.165) is 11.1 Å². The van der Waals surface area contributed by atoms with Gasteiger partial charge in [-0.15, -0.1) is 6.58 Å². The number of methoxy groups -OCH3 is 2. The molecule has 3 atom stereocenters. The van der Waals surface area contributed by atoms with E-state index in [1.54, 1.807) is 75.8 Å². The zero-order valence-corrected chi connectivity index (χ0v) is 20.4. The maximum atomic E-state index is 13.9. The molecule has 0 spiro atoms. The molecule has 33 heavy (non-hydrogen) atoms. The summed E-state index contributed by atoms with van der Waals surface area (Å²) in [7, 11) is -0.887. The highest BCUT2D eigenvalue weighted by atomic mass is 32.2. The van der Waals surface area contributed by atoms with Crippen molar-refractivity contribution in [1.29, 1.82) is 0 Å². The van der Waals surface area contributed by atoms with E-state index in [0.29, 0.717) is 17.9 Å². The molecular weight excluding hydrogens is 442 g/mol. The minimum absolute atomic E-state index is 0.0992. The van der Waals surface area contributed by atoms with Gasteiger partial charge in [0.2, 0.25) is 10.0 Å². The van der Waals surface area contributed by atoms with Crippen molar-refractivity contribution in [3.63, 3.8) is 0 Å². The van der Waals surface area contributed by atoms with Crippen LogP contribution in [0, 0.1) is 11.8 Å². The molecule has 0 aliphatic heterocycles. The molecule has 0 saturated carbocycles. The quantitative estimate of drug-likeness (QED) is 0.433. The summed E-state index contributed by atoms with van der Waals surface area (Å²) in [6, 6.07) is 14.3. The molecule has 0 radical (unpaired) electrons. The van der Waals surface area contributed by atoms with E-state index in [1.165, 1.54) is 11.2 Å². The second-order valence-corrected chi connectivity index (χ2v) is 10.2. The van der Waals surface area contributed by atoms with Crippen molar-refractivity contribution >= 4 is 16.0 Å². The van der Waals surface area contributed by atoms with Gasteiger partial charge in [0, 0.05) is 13.1 Å². The molecule has 0 heterocycles. The topological polar surface area (TPSA) is 93.1 Å². The number of nitrogens with zero attached hydrogens (tertiary/aromatic N) is 1. The van der Waals surface area contributed by atoms with Gasteiger partial charge in [-0.05, 0) is 47.7 Å². The molecule has 0 bridgehead atoms. The molecule has 2 rings (SSSR count). The smallest absolute Gasteiger partial charge is 0.307 e. The highest BCUT2D eigenvalue weighted by Crippen LogP contribution is 2.30. The third kappa shape index (κ3) is 6.82. The first-order chi connectivity index (χ1) is 15.6. The molecule has 2 aromatic carbocycles. The van der Waals surface area contributed by atoms with E-state index in [4.69, 9.17) is 9.47 Å². The minimum atomic E-state index is -4.01. The number of ether oxygens (including phenoxy) is 2. The minimum Gasteiger partial charge on any atom is -0.497 e. The van der Waals surface area contributed by atoms with Gasteiger partial charge in [0.15, 0.2) is 0 Å². The lowest BCUT2D eigenvalue weighted by Crippen LogP contribution is -2.46. The molecule has 1 unspecified atom stereocenters. The van der Waals surface area contributed by atoms with Crippen LogP contribution in [0.25, 0.3) is 0 Å². The van der Waals surface area contributed by atoms with E-state index < -0.39 is 33.1 Å². The first-order valence-electron chi connectivity index (χ1n) is 10.7. The van der Waals surface area contributed by atoms with Gasteiger partial charge < -0.3 is 14.6 Å². The Labute approximate surface area is 196 Å². The Hall–Kier alpha value is -2.84. The van der Waals surface area contributed by atoms with Crippen LogP contribution in [0.5, 0.6) is 11.5 Å². The van der Waals surface area contributed by atoms with Gasteiger partial charge in [-0.3, -0.25) is 4.79 Å². The Balaban J connectivity index is 2.49. The first kappa shape index (κ1) is 26.4. The largest absolute Gasteiger partial charge is 0.497 e. The van der Waals surface area contributed by atoms with Crippen LogP contribution in [0.1, 0.15) is 31.4 Å². The van der Waals surface area contributed by atoms with Gasteiger partial charge in [0.05, 0.1) is 25.4 Å². The Morgan fingerprint density at radius 1 is 0.970 bits per heavy atom. The van der Waals surface area contributed by atoms with Crippen LogP contribution < -0.4 is 9.47 Å². The van der Waals surface area contributed by atoms with Crippen LogP contribution in [0.4, 0.5) is 0 Å². The van der Waals surface area contributed by atoms with Crippen LogP contribution in [0.2, 0.25) is 0 Å². The SMILES string of the molecule is C=CC[C@H](C)[C@H](C(C)C(=O)O)S(=O)(=O)N(Cc1ccc(OC)cc1)Cc1ccc(OC)cc1. The van der Waals surface area contributed by atoms with E-state index in [1.807, 2.05) is 0 Å². The van der Waals surface area contributed by atoms with Crippen molar-refractivity contribution in [1.82, 2.24) is 4.31 Å². The normalized spacial score (nSPS) is 14.3. The number of carboxylic acids is 1. The van der Waals surface area contributed by atoms with Gasteiger partial charge in [0.1, 0.15) is 11.5 Å². The number of rotatable bonds is 13. The molecular formula is C25H33NO6S. The second kappa shape index (κ2) is 11.9. The monoisotopic (exact) mass is 475 g/mol. The molecule has 0 aliphatic rings. The molecule has 1 N–H and O–H groups in total. The van der Waals surface area contributed by atoms with Crippen LogP contribution in [-0.2, 0) is 27.9 Å². The maximum absolute atomic E-state index is 13.9. The summed E-state index contributed by atoms with van der Waals surface area (Å²) in [5.74, 6) is -1.32. The lowest BCUT2D eigenvalue weighted by molar-refractivity contribution is -0.141. The average molecular weight is 476 g/mol. The fourth-order valence-electron chi connectivity index (χ4n) is 3.86. The van der Waals surface area contributed by atoms with E-state index in [9.17, 15) is 18.3 Å². The van der Waals surface area contributed by atoms with Crippen molar-refractivity contribution < 1.29 is 27.8 Å². The predicted octanol–water partition coefficient (Wildman–Crippen LogP) is 4.34. The summed E-state index contributed by atoms with van der Waals surface area (Å²) in [5.41, 5.74) is 1.54. The zero-order chi connectivity index (χ0) is 24.6. The van der Waals surface area contributed by atoms with Gasteiger partial charge in [0.25, 0.3) is 0 Å². The van der Waals surface area contributed by atoms with E-state index in [-0.39, 0.29) is 13.1 Å². The summed E-state index contributed by atoms with van der Waals surface area (Å²) in [6.45, 7) is 7.10. The highest BCUT2D eigenvalue weighted by Gasteiger charge is 2.42. The van der Waals surface area contributed by atoms with Crippen LogP contribution in [0.3, 0.4) is 0 Å². The fourth-order valence-corrected chi connectivity index (χ4v) is 6.19.